The molecule has 30 heavy (non-hydrogen) atoms. The van der Waals surface area contributed by atoms with E-state index in [-0.39, 0.29) is 18.2 Å². The highest BCUT2D eigenvalue weighted by molar-refractivity contribution is 8.26. The number of thiocarbonyl (C=S) groups is 1. The lowest BCUT2D eigenvalue weighted by molar-refractivity contribution is -0.122. The van der Waals surface area contributed by atoms with Crippen molar-refractivity contribution in [2.24, 2.45) is 0 Å². The van der Waals surface area contributed by atoms with Crippen LogP contribution in [-0.4, -0.2) is 37.9 Å². The molecule has 1 N–H and O–H groups in total. The minimum atomic E-state index is -0.406. The van der Waals surface area contributed by atoms with E-state index in [0.717, 1.165) is 11.8 Å². The quantitative estimate of drug-likeness (QED) is 0.456. The standard InChI is InChI=1S/C20H15FN4O3S2/c21-13-6-2-1-5-12(13)11-16-19(27)25(20(29)30-16)10-4-9-17(26)22-14-7-3-8-15-18(14)24-28-23-15/h1-3,5-8,11H,4,9-10H2,(H,22,26). The van der Waals surface area contributed by atoms with E-state index in [0.29, 0.717) is 44.5 Å². The summed E-state index contributed by atoms with van der Waals surface area (Å²) in [4.78, 5) is 26.7. The zero-order valence-electron chi connectivity index (χ0n) is 15.5. The molecule has 1 fully saturated rings. The summed E-state index contributed by atoms with van der Waals surface area (Å²) in [5.41, 5.74) is 1.86. The molecular weight excluding hydrogens is 427 g/mol. The summed E-state index contributed by atoms with van der Waals surface area (Å²) in [6.45, 7) is 0.294. The van der Waals surface area contributed by atoms with Gasteiger partial charge < -0.3 is 5.32 Å². The largest absolute Gasteiger partial charge is 0.324 e. The summed E-state index contributed by atoms with van der Waals surface area (Å²) in [6, 6.07) is 11.4. The Bertz CT molecular complexity index is 1180. The third-order valence-corrected chi connectivity index (χ3v) is 5.79. The zero-order valence-corrected chi connectivity index (χ0v) is 17.1. The van der Waals surface area contributed by atoms with Crippen molar-refractivity contribution in [3.05, 3.63) is 58.8 Å². The van der Waals surface area contributed by atoms with Crippen LogP contribution in [0.5, 0.6) is 0 Å². The molecule has 152 valence electrons. The molecule has 0 spiro atoms. The smallest absolute Gasteiger partial charge is 0.266 e. The second-order valence-electron chi connectivity index (χ2n) is 6.44. The van der Waals surface area contributed by atoms with E-state index in [1.807, 2.05) is 0 Å². The molecule has 1 saturated heterocycles. The second-order valence-corrected chi connectivity index (χ2v) is 8.12. The summed E-state index contributed by atoms with van der Waals surface area (Å²) in [5, 5.41) is 10.3. The number of aromatic nitrogens is 2. The van der Waals surface area contributed by atoms with Crippen molar-refractivity contribution >= 4 is 62.9 Å². The van der Waals surface area contributed by atoms with E-state index < -0.39 is 5.82 Å². The van der Waals surface area contributed by atoms with Crippen LogP contribution in [0.15, 0.2) is 52.0 Å². The van der Waals surface area contributed by atoms with Crippen LogP contribution in [0.3, 0.4) is 0 Å². The Morgan fingerprint density at radius 1 is 1.23 bits per heavy atom. The van der Waals surface area contributed by atoms with Gasteiger partial charge in [-0.15, -0.1) is 0 Å². The topological polar surface area (TPSA) is 88.3 Å². The number of rotatable bonds is 6. The zero-order chi connectivity index (χ0) is 21.1. The minimum absolute atomic E-state index is 0.186. The molecule has 10 heteroatoms. The van der Waals surface area contributed by atoms with Crippen LogP contribution in [0.2, 0.25) is 0 Å². The number of nitrogens with one attached hydrogen (secondary N) is 1. The Labute approximate surface area is 180 Å². The van der Waals surface area contributed by atoms with E-state index in [2.05, 4.69) is 20.3 Å². The van der Waals surface area contributed by atoms with Crippen LogP contribution in [-0.2, 0) is 9.59 Å². The van der Waals surface area contributed by atoms with Gasteiger partial charge in [-0.1, -0.05) is 48.2 Å². The fourth-order valence-corrected chi connectivity index (χ4v) is 4.24. The van der Waals surface area contributed by atoms with E-state index in [4.69, 9.17) is 12.2 Å². The van der Waals surface area contributed by atoms with Gasteiger partial charge in [-0.2, -0.15) is 0 Å². The highest BCUT2D eigenvalue weighted by Crippen LogP contribution is 2.33. The van der Waals surface area contributed by atoms with Gasteiger partial charge in [-0.3, -0.25) is 14.5 Å². The maximum atomic E-state index is 13.8. The molecule has 0 bridgehead atoms. The number of carbonyl (C=O) groups excluding carboxylic acids is 2. The lowest BCUT2D eigenvalue weighted by Crippen LogP contribution is -2.29. The van der Waals surface area contributed by atoms with Gasteiger partial charge in [0.1, 0.15) is 15.7 Å². The Morgan fingerprint density at radius 3 is 2.90 bits per heavy atom. The molecule has 0 unspecified atom stereocenters. The van der Waals surface area contributed by atoms with Gasteiger partial charge in [0, 0.05) is 18.5 Å². The number of hydrogen-bond donors (Lipinski definition) is 1. The van der Waals surface area contributed by atoms with Crippen molar-refractivity contribution in [2.75, 3.05) is 11.9 Å². The lowest BCUT2D eigenvalue weighted by atomic mass is 10.2. The number of anilines is 1. The average molecular weight is 442 g/mol. The van der Waals surface area contributed by atoms with Gasteiger partial charge in [-0.05, 0) is 41.0 Å². The molecule has 0 radical (unpaired) electrons. The first kappa shape index (κ1) is 20.2. The van der Waals surface area contributed by atoms with Gasteiger partial charge in [0.25, 0.3) is 5.91 Å². The Balaban J connectivity index is 1.34. The summed E-state index contributed by atoms with van der Waals surface area (Å²) in [5.74, 6) is -0.915. The molecule has 3 aromatic rings. The first-order valence-corrected chi connectivity index (χ1v) is 10.3. The third kappa shape index (κ3) is 4.24. The molecule has 2 heterocycles. The number of carbonyl (C=O) groups is 2. The van der Waals surface area contributed by atoms with Gasteiger partial charge in [-0.25, -0.2) is 9.02 Å². The molecule has 0 atom stereocenters. The summed E-state index contributed by atoms with van der Waals surface area (Å²) >= 11 is 6.40. The van der Waals surface area contributed by atoms with Gasteiger partial charge in [0.05, 0.1) is 10.6 Å². The molecule has 2 amide bonds. The van der Waals surface area contributed by atoms with Crippen molar-refractivity contribution in [3.63, 3.8) is 0 Å². The normalized spacial score (nSPS) is 15.4. The molecule has 1 aromatic heterocycles. The molecular formula is C20H15FN4O3S2. The van der Waals surface area contributed by atoms with E-state index in [1.165, 1.54) is 17.0 Å². The molecule has 7 nitrogen and oxygen atoms in total. The van der Waals surface area contributed by atoms with E-state index >= 15 is 0 Å². The number of thioether (sulfide) groups is 1. The Kier molecular flexibility index (Phi) is 5.86. The summed E-state index contributed by atoms with van der Waals surface area (Å²) < 4.78 is 18.9. The fourth-order valence-electron chi connectivity index (χ4n) is 2.94. The summed E-state index contributed by atoms with van der Waals surface area (Å²) in [6.07, 6.45) is 2.09. The minimum Gasteiger partial charge on any atom is -0.324 e. The first-order valence-electron chi connectivity index (χ1n) is 9.04. The van der Waals surface area contributed by atoms with Crippen LogP contribution in [0.1, 0.15) is 18.4 Å². The van der Waals surface area contributed by atoms with Gasteiger partial charge in [0.2, 0.25) is 5.91 Å². The third-order valence-electron chi connectivity index (χ3n) is 4.41. The molecule has 1 aliphatic rings. The van der Waals surface area contributed by atoms with Crippen molar-refractivity contribution in [1.82, 2.24) is 15.2 Å². The summed E-state index contributed by atoms with van der Waals surface area (Å²) in [7, 11) is 0. The van der Waals surface area contributed by atoms with Crippen molar-refractivity contribution < 1.29 is 18.6 Å². The van der Waals surface area contributed by atoms with Crippen molar-refractivity contribution in [2.45, 2.75) is 12.8 Å². The molecule has 1 aliphatic heterocycles. The van der Waals surface area contributed by atoms with Crippen LogP contribution >= 0.6 is 24.0 Å². The number of nitrogens with zero attached hydrogens (tertiary/aromatic N) is 3. The maximum absolute atomic E-state index is 13.8. The van der Waals surface area contributed by atoms with Crippen LogP contribution in [0, 0.1) is 5.82 Å². The van der Waals surface area contributed by atoms with E-state index in [9.17, 15) is 14.0 Å². The Morgan fingerprint density at radius 2 is 2.07 bits per heavy atom. The number of fused-ring (bicyclic) bond motifs is 1. The predicted molar refractivity (Wildman–Crippen MR) is 116 cm³/mol. The van der Waals surface area contributed by atoms with Gasteiger partial charge >= 0.3 is 0 Å². The Hall–Kier alpha value is -3.11. The number of hydrogen-bond acceptors (Lipinski definition) is 7. The van der Waals surface area contributed by atoms with Gasteiger partial charge in [0.15, 0.2) is 5.52 Å². The highest BCUT2D eigenvalue weighted by atomic mass is 32.2. The predicted octanol–water partition coefficient (Wildman–Crippen LogP) is 3.98. The number of benzene rings is 2. The molecule has 4 rings (SSSR count). The SMILES string of the molecule is O=C(CCCN1C(=O)C(=Cc2ccccc2F)SC1=S)Nc1cccc2nonc12. The van der Waals surface area contributed by atoms with E-state index in [1.54, 1.807) is 36.4 Å². The monoisotopic (exact) mass is 442 g/mol. The number of amides is 2. The van der Waals surface area contributed by atoms with Crippen LogP contribution < -0.4 is 5.32 Å². The average Bonchev–Trinajstić information content (AvgIpc) is 3.30. The maximum Gasteiger partial charge on any atom is 0.266 e. The van der Waals surface area contributed by atoms with Crippen LogP contribution in [0.25, 0.3) is 17.1 Å². The van der Waals surface area contributed by atoms with Crippen molar-refractivity contribution in [1.29, 1.82) is 0 Å². The molecule has 0 aliphatic carbocycles. The number of halogens is 1. The second kappa shape index (κ2) is 8.72. The van der Waals surface area contributed by atoms with Crippen LogP contribution in [0.4, 0.5) is 10.1 Å². The van der Waals surface area contributed by atoms with Crippen molar-refractivity contribution in [3.8, 4) is 0 Å². The highest BCUT2D eigenvalue weighted by Gasteiger charge is 2.31. The molecule has 0 saturated carbocycles. The molecule has 2 aromatic carbocycles. The fraction of sp³-hybridized carbons (Fsp3) is 0.150. The lowest BCUT2D eigenvalue weighted by Gasteiger charge is -2.14. The first-order chi connectivity index (χ1) is 14.5.